The molecule has 2 aromatic rings. The van der Waals surface area contributed by atoms with Crippen LogP contribution in [0.5, 0.6) is 5.75 Å². The van der Waals surface area contributed by atoms with Crippen LogP contribution in [0.4, 0.5) is 0 Å². The number of ether oxygens (including phenoxy) is 1. The number of nitrogens with zero attached hydrogens (tertiary/aromatic N) is 3. The Morgan fingerprint density at radius 3 is 2.77 bits per heavy atom. The van der Waals surface area contributed by atoms with Crippen LogP contribution in [-0.2, 0) is 17.8 Å². The summed E-state index contributed by atoms with van der Waals surface area (Å²) in [6.07, 6.45) is 4.39. The first-order valence-corrected chi connectivity index (χ1v) is 8.83. The highest BCUT2D eigenvalue weighted by atomic mass is 16.5. The van der Waals surface area contributed by atoms with Gasteiger partial charge in [0.2, 0.25) is 5.91 Å². The number of rotatable bonds is 7. The molecule has 0 unspecified atom stereocenters. The summed E-state index contributed by atoms with van der Waals surface area (Å²) in [4.78, 5) is 26.3. The average molecular weight is 356 g/mol. The molecule has 0 spiro atoms. The van der Waals surface area contributed by atoms with Gasteiger partial charge in [0.25, 0.3) is 5.91 Å². The number of methoxy groups -OCH3 is 1. The quantitative estimate of drug-likeness (QED) is 0.815. The standard InChI is InChI=1S/C19H24N4O3/c1-3-23-12-15(11-20-23)19(25)21-16-10-18(24)22(13-16)9-8-14-4-6-17(26-2)7-5-14/h4-7,11-12,16H,3,8-10,13H2,1-2H3,(H,21,25)/t16-/m0/s1. The molecule has 2 heterocycles. The van der Waals surface area contributed by atoms with Gasteiger partial charge in [-0.25, -0.2) is 0 Å². The molecule has 3 rings (SSSR count). The van der Waals surface area contributed by atoms with Crippen molar-refractivity contribution in [2.75, 3.05) is 20.2 Å². The summed E-state index contributed by atoms with van der Waals surface area (Å²) in [5.41, 5.74) is 1.68. The maximum absolute atomic E-state index is 12.3. The fourth-order valence-electron chi connectivity index (χ4n) is 3.06. The van der Waals surface area contributed by atoms with Crippen LogP contribution < -0.4 is 10.1 Å². The molecule has 138 valence electrons. The normalized spacial score (nSPS) is 16.8. The molecule has 1 aromatic carbocycles. The zero-order valence-electron chi connectivity index (χ0n) is 15.1. The van der Waals surface area contributed by atoms with Crippen molar-refractivity contribution in [1.29, 1.82) is 0 Å². The van der Waals surface area contributed by atoms with Gasteiger partial charge in [-0.15, -0.1) is 0 Å². The van der Waals surface area contributed by atoms with E-state index in [9.17, 15) is 9.59 Å². The molecule has 0 aliphatic carbocycles. The van der Waals surface area contributed by atoms with Crippen LogP contribution in [0.25, 0.3) is 0 Å². The summed E-state index contributed by atoms with van der Waals surface area (Å²) < 4.78 is 6.85. The zero-order chi connectivity index (χ0) is 18.5. The SMILES string of the molecule is CCn1cc(C(=O)N[C@H]2CC(=O)N(CCc3ccc(OC)cc3)C2)cn1. The van der Waals surface area contributed by atoms with Crippen molar-refractivity contribution in [3.63, 3.8) is 0 Å². The van der Waals surface area contributed by atoms with Gasteiger partial charge in [-0.05, 0) is 31.0 Å². The Morgan fingerprint density at radius 2 is 2.12 bits per heavy atom. The minimum Gasteiger partial charge on any atom is -0.497 e. The number of carbonyl (C=O) groups excluding carboxylic acids is 2. The first-order chi connectivity index (χ1) is 12.6. The van der Waals surface area contributed by atoms with Gasteiger partial charge in [-0.1, -0.05) is 12.1 Å². The van der Waals surface area contributed by atoms with Crippen LogP contribution in [0, 0.1) is 0 Å². The Bertz CT molecular complexity index is 769. The van der Waals surface area contributed by atoms with Crippen molar-refractivity contribution < 1.29 is 14.3 Å². The second kappa shape index (κ2) is 8.03. The van der Waals surface area contributed by atoms with E-state index in [1.807, 2.05) is 36.1 Å². The molecule has 1 N–H and O–H groups in total. The van der Waals surface area contributed by atoms with E-state index in [0.717, 1.165) is 17.7 Å². The van der Waals surface area contributed by atoms with Gasteiger partial charge in [0.15, 0.2) is 0 Å². The Balaban J connectivity index is 1.50. The lowest BCUT2D eigenvalue weighted by molar-refractivity contribution is -0.127. The summed E-state index contributed by atoms with van der Waals surface area (Å²) in [6.45, 7) is 3.87. The topological polar surface area (TPSA) is 76.5 Å². The number of amides is 2. The first kappa shape index (κ1) is 18.0. The number of hydrogen-bond acceptors (Lipinski definition) is 4. The average Bonchev–Trinajstić information content (AvgIpc) is 3.27. The van der Waals surface area contributed by atoms with E-state index in [2.05, 4.69) is 10.4 Å². The van der Waals surface area contributed by atoms with Gasteiger partial charge in [0.05, 0.1) is 24.9 Å². The number of aryl methyl sites for hydroxylation is 1. The number of carbonyl (C=O) groups is 2. The molecule has 1 atom stereocenters. The molecule has 0 bridgehead atoms. The van der Waals surface area contributed by atoms with Gasteiger partial charge in [-0.3, -0.25) is 14.3 Å². The largest absolute Gasteiger partial charge is 0.497 e. The van der Waals surface area contributed by atoms with Crippen LogP contribution in [0.3, 0.4) is 0 Å². The number of likely N-dealkylation sites (tertiary alicyclic amines) is 1. The predicted octanol–water partition coefficient (Wildman–Crippen LogP) is 1.48. The Hall–Kier alpha value is -2.83. The van der Waals surface area contributed by atoms with E-state index >= 15 is 0 Å². The molecular weight excluding hydrogens is 332 g/mol. The van der Waals surface area contributed by atoms with Crippen LogP contribution in [0.2, 0.25) is 0 Å². The fourth-order valence-corrected chi connectivity index (χ4v) is 3.06. The third kappa shape index (κ3) is 4.22. The van der Waals surface area contributed by atoms with Crippen LogP contribution >= 0.6 is 0 Å². The maximum Gasteiger partial charge on any atom is 0.254 e. The predicted molar refractivity (Wildman–Crippen MR) is 97.1 cm³/mol. The van der Waals surface area contributed by atoms with Gasteiger partial charge in [0, 0.05) is 32.3 Å². The van der Waals surface area contributed by atoms with Gasteiger partial charge >= 0.3 is 0 Å². The second-order valence-electron chi connectivity index (χ2n) is 6.40. The maximum atomic E-state index is 12.3. The molecule has 2 amide bonds. The van der Waals surface area contributed by atoms with Crippen molar-refractivity contribution >= 4 is 11.8 Å². The van der Waals surface area contributed by atoms with Gasteiger partial charge in [-0.2, -0.15) is 5.10 Å². The molecular formula is C19H24N4O3. The minimum atomic E-state index is -0.181. The van der Waals surface area contributed by atoms with Crippen LogP contribution in [0.1, 0.15) is 29.3 Å². The fraction of sp³-hybridized carbons (Fsp3) is 0.421. The summed E-state index contributed by atoms with van der Waals surface area (Å²) in [5, 5.41) is 7.04. The molecule has 7 heteroatoms. The number of hydrogen-bond donors (Lipinski definition) is 1. The summed E-state index contributed by atoms with van der Waals surface area (Å²) in [7, 11) is 1.64. The van der Waals surface area contributed by atoms with E-state index < -0.39 is 0 Å². The van der Waals surface area contributed by atoms with Crippen LogP contribution in [-0.4, -0.2) is 52.7 Å². The molecule has 1 aliphatic rings. The zero-order valence-corrected chi connectivity index (χ0v) is 15.1. The van der Waals surface area contributed by atoms with Crippen molar-refractivity contribution in [2.45, 2.75) is 32.4 Å². The van der Waals surface area contributed by atoms with Crippen molar-refractivity contribution in [1.82, 2.24) is 20.0 Å². The monoisotopic (exact) mass is 356 g/mol. The lowest BCUT2D eigenvalue weighted by atomic mass is 10.1. The third-order valence-electron chi connectivity index (χ3n) is 4.60. The Morgan fingerprint density at radius 1 is 1.35 bits per heavy atom. The molecule has 1 aliphatic heterocycles. The van der Waals surface area contributed by atoms with E-state index in [-0.39, 0.29) is 17.9 Å². The van der Waals surface area contributed by atoms with Gasteiger partial charge in [0.1, 0.15) is 5.75 Å². The van der Waals surface area contributed by atoms with Gasteiger partial charge < -0.3 is 15.0 Å². The van der Waals surface area contributed by atoms with E-state index in [0.29, 0.717) is 31.6 Å². The molecule has 1 saturated heterocycles. The highest BCUT2D eigenvalue weighted by molar-refractivity contribution is 5.94. The van der Waals surface area contributed by atoms with Crippen molar-refractivity contribution in [2.24, 2.45) is 0 Å². The van der Waals surface area contributed by atoms with E-state index in [1.54, 1.807) is 24.2 Å². The highest BCUT2D eigenvalue weighted by Crippen LogP contribution is 2.15. The molecule has 1 fully saturated rings. The third-order valence-corrected chi connectivity index (χ3v) is 4.60. The molecule has 0 saturated carbocycles. The lowest BCUT2D eigenvalue weighted by Crippen LogP contribution is -2.37. The molecule has 7 nitrogen and oxygen atoms in total. The van der Waals surface area contributed by atoms with Crippen LogP contribution in [0.15, 0.2) is 36.7 Å². The Kier molecular flexibility index (Phi) is 5.55. The van der Waals surface area contributed by atoms with E-state index in [1.165, 1.54) is 0 Å². The minimum absolute atomic E-state index is 0.0769. The lowest BCUT2D eigenvalue weighted by Gasteiger charge is -2.17. The number of benzene rings is 1. The van der Waals surface area contributed by atoms with E-state index in [4.69, 9.17) is 4.74 Å². The molecule has 26 heavy (non-hydrogen) atoms. The molecule has 0 radical (unpaired) electrons. The summed E-state index contributed by atoms with van der Waals surface area (Å²) >= 11 is 0. The van der Waals surface area contributed by atoms with Crippen molar-refractivity contribution in [3.8, 4) is 5.75 Å². The second-order valence-corrected chi connectivity index (χ2v) is 6.40. The summed E-state index contributed by atoms with van der Waals surface area (Å²) in [5.74, 6) is 0.716. The number of nitrogens with one attached hydrogen (secondary N) is 1. The highest BCUT2D eigenvalue weighted by Gasteiger charge is 2.30. The smallest absolute Gasteiger partial charge is 0.254 e. The Labute approximate surface area is 152 Å². The van der Waals surface area contributed by atoms with Crippen molar-refractivity contribution in [3.05, 3.63) is 47.8 Å². The number of aromatic nitrogens is 2. The molecule has 1 aromatic heterocycles. The summed E-state index contributed by atoms with van der Waals surface area (Å²) in [6, 6.07) is 7.69. The first-order valence-electron chi connectivity index (χ1n) is 8.83.